The average Bonchev–Trinajstić information content (AvgIpc) is 2.74. The summed E-state index contributed by atoms with van der Waals surface area (Å²) in [5.41, 5.74) is 0.508. The Balaban J connectivity index is 1.79. The molecule has 0 aliphatic carbocycles. The zero-order chi connectivity index (χ0) is 21.7. The standard InChI is InChI=1S/C22H20N4O4/c1-14(2)12-26-21(28)18-9-4-3-8-17(18)20(25-26)22(29)30-13-19(27)24-16-7-5-6-15(10-16)11-23/h3-10,14H,12-13H2,1-2H3,(H,24,27). The van der Waals surface area contributed by atoms with Crippen LogP contribution in [0.25, 0.3) is 10.8 Å². The van der Waals surface area contributed by atoms with Gasteiger partial charge in [0.15, 0.2) is 12.3 Å². The second-order valence-corrected chi connectivity index (χ2v) is 7.09. The van der Waals surface area contributed by atoms with E-state index in [9.17, 15) is 14.4 Å². The molecule has 0 aliphatic heterocycles. The lowest BCUT2D eigenvalue weighted by Gasteiger charge is -2.12. The van der Waals surface area contributed by atoms with Crippen LogP contribution in [-0.2, 0) is 16.1 Å². The maximum atomic E-state index is 12.6. The van der Waals surface area contributed by atoms with Gasteiger partial charge in [-0.15, -0.1) is 0 Å². The van der Waals surface area contributed by atoms with Gasteiger partial charge in [-0.1, -0.05) is 38.1 Å². The zero-order valence-corrected chi connectivity index (χ0v) is 16.6. The van der Waals surface area contributed by atoms with E-state index in [0.29, 0.717) is 28.6 Å². The van der Waals surface area contributed by atoms with E-state index in [4.69, 9.17) is 10.00 Å². The number of esters is 1. The van der Waals surface area contributed by atoms with Gasteiger partial charge in [0.05, 0.1) is 17.0 Å². The fourth-order valence-corrected chi connectivity index (χ4v) is 2.92. The molecule has 1 amide bonds. The van der Waals surface area contributed by atoms with Gasteiger partial charge in [-0.05, 0) is 30.2 Å². The predicted octanol–water partition coefficient (Wildman–Crippen LogP) is 2.72. The third-order valence-electron chi connectivity index (χ3n) is 4.21. The van der Waals surface area contributed by atoms with Crippen molar-refractivity contribution in [2.45, 2.75) is 20.4 Å². The molecule has 0 saturated heterocycles. The Hall–Kier alpha value is -3.99. The SMILES string of the molecule is CC(C)Cn1nc(C(=O)OCC(=O)Nc2cccc(C#N)c2)c2ccccc2c1=O. The molecule has 0 atom stereocenters. The minimum absolute atomic E-state index is 0.0230. The molecule has 30 heavy (non-hydrogen) atoms. The summed E-state index contributed by atoms with van der Waals surface area (Å²) in [6.45, 7) is 3.69. The number of amides is 1. The molecular weight excluding hydrogens is 384 g/mol. The summed E-state index contributed by atoms with van der Waals surface area (Å²) >= 11 is 0. The highest BCUT2D eigenvalue weighted by molar-refractivity contribution is 6.03. The van der Waals surface area contributed by atoms with Crippen molar-refractivity contribution >= 4 is 28.3 Å². The number of ether oxygens (including phenoxy) is 1. The molecule has 1 heterocycles. The van der Waals surface area contributed by atoms with Gasteiger partial charge in [0.2, 0.25) is 0 Å². The number of anilines is 1. The molecule has 3 aromatic rings. The molecule has 0 radical (unpaired) electrons. The van der Waals surface area contributed by atoms with E-state index in [1.54, 1.807) is 42.5 Å². The van der Waals surface area contributed by atoms with Crippen molar-refractivity contribution in [2.75, 3.05) is 11.9 Å². The van der Waals surface area contributed by atoms with Crippen molar-refractivity contribution in [1.82, 2.24) is 9.78 Å². The number of hydrogen-bond acceptors (Lipinski definition) is 6. The highest BCUT2D eigenvalue weighted by atomic mass is 16.5. The molecule has 2 aromatic carbocycles. The van der Waals surface area contributed by atoms with Crippen molar-refractivity contribution in [3.8, 4) is 6.07 Å². The summed E-state index contributed by atoms with van der Waals surface area (Å²) in [5.74, 6) is -1.21. The number of rotatable bonds is 6. The Morgan fingerprint density at radius 1 is 1.17 bits per heavy atom. The lowest BCUT2D eigenvalue weighted by Crippen LogP contribution is -2.29. The molecular formula is C22H20N4O4. The number of nitrogens with one attached hydrogen (secondary N) is 1. The molecule has 1 aromatic heterocycles. The summed E-state index contributed by atoms with van der Waals surface area (Å²) in [5, 5.41) is 16.4. The summed E-state index contributed by atoms with van der Waals surface area (Å²) in [7, 11) is 0. The highest BCUT2D eigenvalue weighted by Gasteiger charge is 2.19. The fourth-order valence-electron chi connectivity index (χ4n) is 2.92. The van der Waals surface area contributed by atoms with Gasteiger partial charge in [0.25, 0.3) is 11.5 Å². The first-order valence-corrected chi connectivity index (χ1v) is 9.36. The molecule has 1 N–H and O–H groups in total. The smallest absolute Gasteiger partial charge is 0.359 e. The van der Waals surface area contributed by atoms with Crippen LogP contribution in [0.2, 0.25) is 0 Å². The monoisotopic (exact) mass is 404 g/mol. The molecule has 8 nitrogen and oxygen atoms in total. The lowest BCUT2D eigenvalue weighted by atomic mass is 10.1. The topological polar surface area (TPSA) is 114 Å². The summed E-state index contributed by atoms with van der Waals surface area (Å²) < 4.78 is 6.38. The Morgan fingerprint density at radius 2 is 1.90 bits per heavy atom. The normalized spacial score (nSPS) is 10.6. The maximum absolute atomic E-state index is 12.6. The van der Waals surface area contributed by atoms with Crippen LogP contribution in [0.5, 0.6) is 0 Å². The van der Waals surface area contributed by atoms with Crippen LogP contribution in [-0.4, -0.2) is 28.3 Å². The summed E-state index contributed by atoms with van der Waals surface area (Å²) in [4.78, 5) is 37.4. The van der Waals surface area contributed by atoms with Crippen molar-refractivity contribution in [3.63, 3.8) is 0 Å². The van der Waals surface area contributed by atoms with Crippen LogP contribution in [0.15, 0.2) is 53.3 Å². The molecule has 8 heteroatoms. The molecule has 0 saturated carbocycles. The molecule has 152 valence electrons. The molecule has 3 rings (SSSR count). The Morgan fingerprint density at radius 3 is 2.60 bits per heavy atom. The van der Waals surface area contributed by atoms with Crippen LogP contribution in [0, 0.1) is 17.2 Å². The first kappa shape index (κ1) is 20.7. The first-order chi connectivity index (χ1) is 14.4. The molecule has 0 spiro atoms. The van der Waals surface area contributed by atoms with E-state index < -0.39 is 18.5 Å². The van der Waals surface area contributed by atoms with Gasteiger partial charge >= 0.3 is 5.97 Å². The maximum Gasteiger partial charge on any atom is 0.359 e. The van der Waals surface area contributed by atoms with Gasteiger partial charge < -0.3 is 10.1 Å². The number of nitrogens with zero attached hydrogens (tertiary/aromatic N) is 3. The predicted molar refractivity (Wildman–Crippen MR) is 111 cm³/mol. The van der Waals surface area contributed by atoms with E-state index in [1.807, 2.05) is 19.9 Å². The molecule has 0 aliphatic rings. The van der Waals surface area contributed by atoms with Gasteiger partial charge in [-0.25, -0.2) is 9.48 Å². The minimum atomic E-state index is -0.801. The van der Waals surface area contributed by atoms with Crippen LogP contribution in [0.4, 0.5) is 5.69 Å². The van der Waals surface area contributed by atoms with Crippen molar-refractivity contribution in [1.29, 1.82) is 5.26 Å². The van der Waals surface area contributed by atoms with E-state index in [1.165, 1.54) is 10.7 Å². The van der Waals surface area contributed by atoms with Gasteiger partial charge in [-0.2, -0.15) is 10.4 Å². The second-order valence-electron chi connectivity index (χ2n) is 7.09. The Labute approximate surface area is 172 Å². The minimum Gasteiger partial charge on any atom is -0.451 e. The van der Waals surface area contributed by atoms with Crippen LogP contribution >= 0.6 is 0 Å². The van der Waals surface area contributed by atoms with Crippen LogP contribution in [0.1, 0.15) is 29.9 Å². The number of fused-ring (bicyclic) bond motifs is 1. The van der Waals surface area contributed by atoms with Gasteiger partial charge in [-0.3, -0.25) is 9.59 Å². The third kappa shape index (κ3) is 4.70. The average molecular weight is 404 g/mol. The van der Waals surface area contributed by atoms with E-state index in [0.717, 1.165) is 0 Å². The van der Waals surface area contributed by atoms with E-state index >= 15 is 0 Å². The van der Waals surface area contributed by atoms with Crippen LogP contribution in [0.3, 0.4) is 0 Å². The number of carbonyl (C=O) groups excluding carboxylic acids is 2. The number of hydrogen-bond donors (Lipinski definition) is 1. The highest BCUT2D eigenvalue weighted by Crippen LogP contribution is 2.15. The lowest BCUT2D eigenvalue weighted by molar-refractivity contribution is -0.119. The van der Waals surface area contributed by atoms with E-state index in [-0.39, 0.29) is 17.2 Å². The zero-order valence-electron chi connectivity index (χ0n) is 16.6. The molecule has 0 fully saturated rings. The Kier molecular flexibility index (Phi) is 6.23. The van der Waals surface area contributed by atoms with Crippen molar-refractivity contribution < 1.29 is 14.3 Å². The van der Waals surface area contributed by atoms with Gasteiger partial charge in [0, 0.05) is 17.6 Å². The number of carbonyl (C=O) groups is 2. The number of nitriles is 1. The number of aromatic nitrogens is 2. The third-order valence-corrected chi connectivity index (χ3v) is 4.21. The fraction of sp³-hybridized carbons (Fsp3) is 0.227. The first-order valence-electron chi connectivity index (χ1n) is 9.36. The molecule has 0 bridgehead atoms. The second kappa shape index (κ2) is 9.01. The van der Waals surface area contributed by atoms with Crippen molar-refractivity contribution in [2.24, 2.45) is 5.92 Å². The van der Waals surface area contributed by atoms with Crippen molar-refractivity contribution in [3.05, 3.63) is 70.1 Å². The quantitative estimate of drug-likeness (QED) is 0.632. The summed E-state index contributed by atoms with van der Waals surface area (Å²) in [6.07, 6.45) is 0. The van der Waals surface area contributed by atoms with E-state index in [2.05, 4.69) is 10.4 Å². The number of benzene rings is 2. The van der Waals surface area contributed by atoms with Crippen LogP contribution < -0.4 is 10.9 Å². The Bertz CT molecular complexity index is 1210. The van der Waals surface area contributed by atoms with Gasteiger partial charge in [0.1, 0.15) is 0 Å². The summed E-state index contributed by atoms with van der Waals surface area (Å²) in [6, 6.07) is 15.0. The largest absolute Gasteiger partial charge is 0.451 e. The molecule has 0 unspecified atom stereocenters.